The number of anilines is 1. The average molecular weight is 339 g/mol. The number of hydrogen-bond donors (Lipinski definition) is 3. The number of fused-ring (bicyclic) bond motifs is 1. The summed E-state index contributed by atoms with van der Waals surface area (Å²) in [6.45, 7) is 4.45. The van der Waals surface area contributed by atoms with E-state index in [1.807, 2.05) is 18.2 Å². The molecule has 6 heteroatoms. The Balaban J connectivity index is 1.57. The Morgan fingerprint density at radius 1 is 1.16 bits per heavy atom. The van der Waals surface area contributed by atoms with Gasteiger partial charge in [-0.15, -0.1) is 0 Å². The van der Waals surface area contributed by atoms with E-state index in [0.717, 1.165) is 5.69 Å². The lowest BCUT2D eigenvalue weighted by Gasteiger charge is -2.18. The molecule has 0 aliphatic heterocycles. The second kappa shape index (κ2) is 7.25. The lowest BCUT2D eigenvalue weighted by atomic mass is 10.0. The Hall–Kier alpha value is -3.02. The molecule has 0 saturated heterocycles. The highest BCUT2D eigenvalue weighted by molar-refractivity contribution is 5.85. The molecule has 0 saturated carbocycles. The van der Waals surface area contributed by atoms with Gasteiger partial charge in [-0.1, -0.05) is 37.3 Å². The first-order valence-corrected chi connectivity index (χ1v) is 8.25. The molecule has 0 aliphatic rings. The summed E-state index contributed by atoms with van der Waals surface area (Å²) in [7, 11) is 0. The van der Waals surface area contributed by atoms with Gasteiger partial charge in [0.05, 0.1) is 5.52 Å². The highest BCUT2D eigenvalue weighted by atomic mass is 16.4. The minimum absolute atomic E-state index is 0.0800. The third-order valence-electron chi connectivity index (χ3n) is 4.15. The van der Waals surface area contributed by atoms with Gasteiger partial charge in [0.25, 0.3) is 0 Å². The SMILES string of the molecule is C[C@H](CNC(=O)[C@@H](C)Nc1ccc2oc(=O)[nH]c2c1)c1ccccc1. The minimum Gasteiger partial charge on any atom is -0.408 e. The van der Waals surface area contributed by atoms with Crippen LogP contribution in [-0.2, 0) is 4.79 Å². The van der Waals surface area contributed by atoms with Crippen molar-refractivity contribution in [3.8, 4) is 0 Å². The number of aromatic nitrogens is 1. The van der Waals surface area contributed by atoms with Gasteiger partial charge in [-0.3, -0.25) is 9.78 Å². The molecule has 2 atom stereocenters. The Kier molecular flexibility index (Phi) is 4.88. The lowest BCUT2D eigenvalue weighted by molar-refractivity contribution is -0.121. The zero-order valence-corrected chi connectivity index (χ0v) is 14.2. The molecule has 6 nitrogen and oxygen atoms in total. The van der Waals surface area contributed by atoms with E-state index in [0.29, 0.717) is 17.6 Å². The third kappa shape index (κ3) is 4.09. The van der Waals surface area contributed by atoms with Gasteiger partial charge in [-0.2, -0.15) is 0 Å². The Bertz CT molecular complexity index is 914. The molecule has 0 radical (unpaired) electrons. The second-order valence-electron chi connectivity index (χ2n) is 6.15. The van der Waals surface area contributed by atoms with Crippen molar-refractivity contribution in [2.45, 2.75) is 25.8 Å². The number of carbonyl (C=O) groups is 1. The van der Waals surface area contributed by atoms with Crippen LogP contribution in [0.25, 0.3) is 11.1 Å². The van der Waals surface area contributed by atoms with E-state index >= 15 is 0 Å². The maximum Gasteiger partial charge on any atom is 0.417 e. The number of oxazole rings is 1. The quantitative estimate of drug-likeness (QED) is 0.644. The van der Waals surface area contributed by atoms with Crippen molar-refractivity contribution >= 4 is 22.7 Å². The molecular formula is C19H21N3O3. The molecule has 130 valence electrons. The van der Waals surface area contributed by atoms with Crippen LogP contribution in [0.5, 0.6) is 0 Å². The molecule has 0 bridgehead atoms. The normalized spacial score (nSPS) is 13.4. The fourth-order valence-corrected chi connectivity index (χ4v) is 2.66. The van der Waals surface area contributed by atoms with E-state index in [1.165, 1.54) is 5.56 Å². The average Bonchev–Trinajstić information content (AvgIpc) is 2.99. The number of H-pyrrole nitrogens is 1. The van der Waals surface area contributed by atoms with Crippen molar-refractivity contribution < 1.29 is 9.21 Å². The van der Waals surface area contributed by atoms with Crippen LogP contribution < -0.4 is 16.4 Å². The first kappa shape index (κ1) is 16.8. The standard InChI is InChI=1S/C19H21N3O3/c1-12(14-6-4-3-5-7-14)11-20-18(23)13(2)21-15-8-9-17-16(10-15)22-19(24)25-17/h3-10,12-13,21H,11H2,1-2H3,(H,20,23)(H,22,24)/t12-,13-/m1/s1. The second-order valence-corrected chi connectivity index (χ2v) is 6.15. The van der Waals surface area contributed by atoms with Crippen LogP contribution in [0.15, 0.2) is 57.7 Å². The van der Waals surface area contributed by atoms with Gasteiger partial charge in [-0.05, 0) is 36.6 Å². The summed E-state index contributed by atoms with van der Waals surface area (Å²) in [5.74, 6) is -0.332. The number of rotatable bonds is 6. The molecule has 1 aromatic heterocycles. The Labute approximate surface area is 145 Å². The van der Waals surface area contributed by atoms with Gasteiger partial charge in [-0.25, -0.2) is 4.79 Å². The predicted octanol–water partition coefficient (Wildman–Crippen LogP) is 2.84. The van der Waals surface area contributed by atoms with Crippen LogP contribution in [0.1, 0.15) is 25.3 Å². The number of nitrogens with one attached hydrogen (secondary N) is 3. The van der Waals surface area contributed by atoms with Gasteiger partial charge in [0, 0.05) is 12.2 Å². The van der Waals surface area contributed by atoms with Crippen LogP contribution in [0.2, 0.25) is 0 Å². The van der Waals surface area contributed by atoms with E-state index in [2.05, 4.69) is 34.7 Å². The summed E-state index contributed by atoms with van der Waals surface area (Å²) in [4.78, 5) is 26.1. The molecule has 0 fully saturated rings. The minimum atomic E-state index is -0.493. The summed E-state index contributed by atoms with van der Waals surface area (Å²) >= 11 is 0. The summed E-state index contributed by atoms with van der Waals surface area (Å²) in [5, 5.41) is 6.10. The summed E-state index contributed by atoms with van der Waals surface area (Å²) < 4.78 is 4.96. The number of benzene rings is 2. The third-order valence-corrected chi connectivity index (χ3v) is 4.15. The number of hydrogen-bond acceptors (Lipinski definition) is 4. The van der Waals surface area contributed by atoms with E-state index < -0.39 is 11.8 Å². The van der Waals surface area contributed by atoms with Gasteiger partial charge >= 0.3 is 5.76 Å². The van der Waals surface area contributed by atoms with Crippen LogP contribution in [0.4, 0.5) is 5.69 Å². The molecule has 0 spiro atoms. The molecule has 2 aromatic carbocycles. The topological polar surface area (TPSA) is 87.1 Å². The van der Waals surface area contributed by atoms with Crippen LogP contribution >= 0.6 is 0 Å². The lowest BCUT2D eigenvalue weighted by Crippen LogP contribution is -2.39. The molecule has 3 rings (SSSR count). The zero-order valence-electron chi connectivity index (χ0n) is 14.2. The molecule has 3 N–H and O–H groups in total. The molecule has 25 heavy (non-hydrogen) atoms. The van der Waals surface area contributed by atoms with Gasteiger partial charge in [0.15, 0.2) is 5.58 Å². The number of carbonyl (C=O) groups excluding carboxylic acids is 1. The maximum absolute atomic E-state index is 12.3. The first-order valence-electron chi connectivity index (χ1n) is 8.25. The van der Waals surface area contributed by atoms with Gasteiger partial charge in [0.1, 0.15) is 6.04 Å². The van der Waals surface area contributed by atoms with E-state index in [9.17, 15) is 9.59 Å². The van der Waals surface area contributed by atoms with E-state index in [-0.39, 0.29) is 11.8 Å². The van der Waals surface area contributed by atoms with Crippen molar-refractivity contribution in [3.05, 3.63) is 64.6 Å². The van der Waals surface area contributed by atoms with Crippen molar-refractivity contribution in [2.75, 3.05) is 11.9 Å². The predicted molar refractivity (Wildman–Crippen MR) is 97.8 cm³/mol. The van der Waals surface area contributed by atoms with Crippen molar-refractivity contribution in [2.24, 2.45) is 0 Å². The van der Waals surface area contributed by atoms with E-state index in [4.69, 9.17) is 4.42 Å². The molecule has 3 aromatic rings. The Morgan fingerprint density at radius 3 is 2.68 bits per heavy atom. The maximum atomic E-state index is 12.3. The molecule has 1 heterocycles. The van der Waals surface area contributed by atoms with Crippen LogP contribution in [0, 0.1) is 0 Å². The first-order chi connectivity index (χ1) is 12.0. The van der Waals surface area contributed by atoms with Gasteiger partial charge in [0.2, 0.25) is 5.91 Å². The summed E-state index contributed by atoms with van der Waals surface area (Å²) in [6.07, 6.45) is 0. The fourth-order valence-electron chi connectivity index (χ4n) is 2.66. The van der Waals surface area contributed by atoms with Gasteiger partial charge < -0.3 is 15.1 Å². The largest absolute Gasteiger partial charge is 0.417 e. The zero-order chi connectivity index (χ0) is 17.8. The number of aromatic amines is 1. The number of amides is 1. The molecule has 0 aliphatic carbocycles. The summed E-state index contributed by atoms with van der Waals surface area (Å²) in [6, 6.07) is 14.9. The van der Waals surface area contributed by atoms with Crippen molar-refractivity contribution in [1.82, 2.24) is 10.3 Å². The fraction of sp³-hybridized carbons (Fsp3) is 0.263. The molecule has 0 unspecified atom stereocenters. The Morgan fingerprint density at radius 2 is 1.92 bits per heavy atom. The highest BCUT2D eigenvalue weighted by Gasteiger charge is 2.14. The van der Waals surface area contributed by atoms with Crippen molar-refractivity contribution in [3.63, 3.8) is 0 Å². The molecule has 1 amide bonds. The highest BCUT2D eigenvalue weighted by Crippen LogP contribution is 2.17. The van der Waals surface area contributed by atoms with Crippen LogP contribution in [-0.4, -0.2) is 23.5 Å². The van der Waals surface area contributed by atoms with Crippen LogP contribution in [0.3, 0.4) is 0 Å². The van der Waals surface area contributed by atoms with Crippen molar-refractivity contribution in [1.29, 1.82) is 0 Å². The summed E-state index contributed by atoms with van der Waals surface area (Å²) in [5.41, 5.74) is 3.02. The molecular weight excluding hydrogens is 318 g/mol. The van der Waals surface area contributed by atoms with E-state index in [1.54, 1.807) is 25.1 Å². The smallest absolute Gasteiger partial charge is 0.408 e. The monoisotopic (exact) mass is 339 g/mol.